The fourth-order valence-corrected chi connectivity index (χ4v) is 5.99. The minimum Gasteiger partial charge on any atom is -0.860 e. The number of pyridine rings is 1. The molecule has 1 aliphatic heterocycles. The zero-order chi connectivity index (χ0) is 41.5. The summed E-state index contributed by atoms with van der Waals surface area (Å²) in [5.74, 6) is -3.76. The van der Waals surface area contributed by atoms with Crippen LogP contribution in [0.5, 0.6) is 5.88 Å². The number of hydrogen-bond acceptors (Lipinski definition) is 9. The van der Waals surface area contributed by atoms with E-state index in [2.05, 4.69) is 25.9 Å². The molecule has 7 rings (SSSR count). The van der Waals surface area contributed by atoms with E-state index in [0.29, 0.717) is 16.7 Å². The van der Waals surface area contributed by atoms with Gasteiger partial charge in [0, 0.05) is 40.5 Å². The first-order valence-electron chi connectivity index (χ1n) is 17.8. The van der Waals surface area contributed by atoms with Crippen molar-refractivity contribution in [3.63, 3.8) is 0 Å². The molecule has 0 aliphatic carbocycles. The number of aromatic nitrogens is 3. The summed E-state index contributed by atoms with van der Waals surface area (Å²) in [4.78, 5) is 99.0. The Morgan fingerprint density at radius 3 is 1.85 bits per heavy atom. The molecule has 0 saturated carbocycles. The fourth-order valence-electron chi connectivity index (χ4n) is 5.99. The van der Waals surface area contributed by atoms with Crippen LogP contribution in [0.25, 0.3) is 17.3 Å². The van der Waals surface area contributed by atoms with Gasteiger partial charge in [-0.2, -0.15) is 0 Å². The Kier molecular flexibility index (Phi) is 13.5. The van der Waals surface area contributed by atoms with Gasteiger partial charge in [0.05, 0.1) is 11.4 Å². The third-order valence-electron chi connectivity index (χ3n) is 8.87. The molecule has 3 heterocycles. The summed E-state index contributed by atoms with van der Waals surface area (Å²) in [5, 5.41) is 20.6. The number of imide groups is 2. The van der Waals surface area contributed by atoms with Gasteiger partial charge in [-0.05, 0) is 102 Å². The Balaban J connectivity index is 0.00000604. The second kappa shape index (κ2) is 19.1. The number of aromatic amines is 1. The maximum atomic E-state index is 13.8. The molecule has 6 aromatic rings. The number of hydrogen-bond donors (Lipinski definition) is 4. The molecule has 0 spiro atoms. The smallest absolute Gasteiger partial charge is 0.860 e. The summed E-state index contributed by atoms with van der Waals surface area (Å²) in [6.07, 6.45) is 8.05. The predicted octanol–water partition coefficient (Wildman–Crippen LogP) is 1.81. The van der Waals surface area contributed by atoms with Crippen molar-refractivity contribution in [2.45, 2.75) is 0 Å². The van der Waals surface area contributed by atoms with Gasteiger partial charge in [-0.1, -0.05) is 60.7 Å². The fraction of sp³-hybridized carbons (Fsp3) is 0. The van der Waals surface area contributed by atoms with Crippen LogP contribution >= 0.6 is 0 Å². The van der Waals surface area contributed by atoms with Gasteiger partial charge in [-0.25, -0.2) is 19.1 Å². The van der Waals surface area contributed by atoms with Gasteiger partial charge in [0.15, 0.2) is 0 Å². The quantitative estimate of drug-likeness (QED) is 0.0685. The number of barbiturate groups is 1. The van der Waals surface area contributed by atoms with Crippen molar-refractivity contribution in [3.8, 4) is 11.6 Å². The van der Waals surface area contributed by atoms with E-state index in [-0.39, 0.29) is 79.7 Å². The molecule has 16 heteroatoms. The molecule has 2 aromatic heterocycles. The molecule has 1 saturated heterocycles. The van der Waals surface area contributed by atoms with Crippen LogP contribution in [0.4, 0.5) is 21.9 Å². The Labute approximate surface area is 383 Å². The zero-order valence-corrected chi connectivity index (χ0v) is 34.7. The Morgan fingerprint density at radius 2 is 1.25 bits per heavy atom. The minimum absolute atomic E-state index is 0. The molecule has 15 nitrogen and oxygen atoms in total. The number of rotatable bonds is 10. The van der Waals surface area contributed by atoms with Crippen molar-refractivity contribution in [1.29, 1.82) is 0 Å². The van der Waals surface area contributed by atoms with Crippen LogP contribution in [0.3, 0.4) is 0 Å². The van der Waals surface area contributed by atoms with E-state index >= 15 is 0 Å². The number of H-pyrrole nitrogens is 1. The molecule has 0 radical (unpaired) electrons. The van der Waals surface area contributed by atoms with Crippen LogP contribution < -0.4 is 88.6 Å². The number of nitrogens with zero attached hydrogens (tertiary/aromatic N) is 3. The predicted molar refractivity (Wildman–Crippen MR) is 218 cm³/mol. The molecule has 1 fully saturated rings. The average Bonchev–Trinajstić information content (AvgIpc) is 3.23. The number of urea groups is 1. The van der Waals surface area contributed by atoms with Gasteiger partial charge in [0.1, 0.15) is 5.57 Å². The number of nitrogens with one attached hydrogen (secondary N) is 4. The monoisotopic (exact) mass is 823 g/mol. The molecule has 4 aromatic carbocycles. The van der Waals surface area contributed by atoms with E-state index < -0.39 is 57.9 Å². The number of carbonyl (C=O) groups excluding carboxylic acids is 5. The van der Waals surface area contributed by atoms with Crippen LogP contribution in [0, 0.1) is 0 Å². The maximum Gasteiger partial charge on any atom is 1.00 e. The second-order valence-electron chi connectivity index (χ2n) is 12.7. The van der Waals surface area contributed by atoms with E-state index in [4.69, 9.17) is 0 Å². The normalized spacial score (nSPS) is 13.5. The summed E-state index contributed by atoms with van der Waals surface area (Å²) in [6, 6.07) is 31.0. The molecular formula is C44H30KN7O8. The number of allylic oxidation sites excluding steroid dienone is 4. The summed E-state index contributed by atoms with van der Waals surface area (Å²) < 4.78 is 0.746. The SMILES string of the molecule is O=C1NC(=O)N(c2cccc(NC(=O)c3ccccc3)c2)C(=O)C1=CC=C(C=Cc1c([O-])[nH]c(=O)n(-c2cccc(NC(=O)c3ccccc3)c2)c1=O)c1ccncc1.[K+]. The third kappa shape index (κ3) is 9.61. The van der Waals surface area contributed by atoms with E-state index in [1.165, 1.54) is 73.1 Å². The first-order valence-corrected chi connectivity index (χ1v) is 17.8. The van der Waals surface area contributed by atoms with Crippen molar-refractivity contribution < 1.29 is 80.5 Å². The van der Waals surface area contributed by atoms with Gasteiger partial charge >= 0.3 is 63.1 Å². The summed E-state index contributed by atoms with van der Waals surface area (Å²) in [5.41, 5.74) is -0.583. The number of benzene rings is 4. The van der Waals surface area contributed by atoms with Crippen LogP contribution in [0.15, 0.2) is 167 Å². The maximum absolute atomic E-state index is 13.8. The van der Waals surface area contributed by atoms with E-state index in [1.54, 1.807) is 84.9 Å². The molecule has 6 amide bonds. The topological polar surface area (TPSA) is 215 Å². The van der Waals surface area contributed by atoms with Crippen LogP contribution in [0.2, 0.25) is 0 Å². The first-order chi connectivity index (χ1) is 28.6. The van der Waals surface area contributed by atoms with Crippen LogP contribution in [0.1, 0.15) is 31.8 Å². The minimum atomic E-state index is -1.01. The van der Waals surface area contributed by atoms with Crippen molar-refractivity contribution in [1.82, 2.24) is 19.9 Å². The number of amides is 6. The summed E-state index contributed by atoms with van der Waals surface area (Å²) >= 11 is 0. The van der Waals surface area contributed by atoms with Gasteiger partial charge in [0.2, 0.25) is 0 Å². The van der Waals surface area contributed by atoms with Crippen molar-refractivity contribution in [2.24, 2.45) is 0 Å². The zero-order valence-electron chi connectivity index (χ0n) is 31.6. The molecule has 290 valence electrons. The van der Waals surface area contributed by atoms with Crippen molar-refractivity contribution in [2.75, 3.05) is 15.5 Å². The van der Waals surface area contributed by atoms with Crippen LogP contribution in [-0.2, 0) is 9.59 Å². The van der Waals surface area contributed by atoms with Gasteiger partial charge in [-0.15, -0.1) is 0 Å². The van der Waals surface area contributed by atoms with Gasteiger partial charge in [-0.3, -0.25) is 34.3 Å². The van der Waals surface area contributed by atoms with Gasteiger partial charge in [0.25, 0.3) is 29.2 Å². The standard InChI is InChI=1S/C44H31N7O8.K/c52-37(29-9-3-1-4-10-29)46-31-13-7-15-33(25-31)50-41(56)35(39(54)48-43(50)58)19-17-27(28-21-23-45-24-22-28)18-20-36-40(55)49-44(59)51(42(36)57)34-16-8-14-32(26-34)47-38(53)30-11-5-2-6-12-30;/h1-26,54H,(H,46,52)(H,47,53)(H,48,58)(H,49,55,59);/q;+1/p-1. The number of anilines is 3. The van der Waals surface area contributed by atoms with E-state index in [0.717, 1.165) is 9.47 Å². The summed E-state index contributed by atoms with van der Waals surface area (Å²) in [7, 11) is 0. The molecule has 60 heavy (non-hydrogen) atoms. The Bertz CT molecular complexity index is 2860. The summed E-state index contributed by atoms with van der Waals surface area (Å²) in [6.45, 7) is 0. The Morgan fingerprint density at radius 1 is 0.683 bits per heavy atom. The third-order valence-corrected chi connectivity index (χ3v) is 8.87. The molecule has 0 unspecified atom stereocenters. The molecule has 4 N–H and O–H groups in total. The van der Waals surface area contributed by atoms with Crippen LogP contribution in [-0.4, -0.2) is 44.2 Å². The first kappa shape index (κ1) is 42.5. The average molecular weight is 824 g/mol. The molecular weight excluding hydrogens is 794 g/mol. The van der Waals surface area contributed by atoms with E-state index in [1.807, 2.05) is 0 Å². The Hall–Kier alpha value is -7.08. The van der Waals surface area contributed by atoms with Crippen molar-refractivity contribution >= 4 is 58.4 Å². The van der Waals surface area contributed by atoms with Gasteiger partial charge < -0.3 is 20.7 Å². The molecule has 0 bridgehead atoms. The second-order valence-corrected chi connectivity index (χ2v) is 12.7. The largest absolute Gasteiger partial charge is 1.00 e. The molecule has 1 aliphatic rings. The molecule has 0 atom stereocenters. The number of carbonyl (C=O) groups is 5. The van der Waals surface area contributed by atoms with E-state index in [9.17, 15) is 38.7 Å². The van der Waals surface area contributed by atoms with Crippen molar-refractivity contribution in [3.05, 3.63) is 201 Å².